The Bertz CT molecular complexity index is 1150. The molecule has 2 amide bonds. The minimum atomic E-state index is -1.10. The first-order chi connectivity index (χ1) is 16.1. The summed E-state index contributed by atoms with van der Waals surface area (Å²) in [6.45, 7) is 1.89. The van der Waals surface area contributed by atoms with Crippen molar-refractivity contribution in [3.8, 4) is 0 Å². The number of imide groups is 1. The van der Waals surface area contributed by atoms with Gasteiger partial charge in [0.05, 0.1) is 17.7 Å². The zero-order valence-corrected chi connectivity index (χ0v) is 18.4. The first-order valence-corrected chi connectivity index (χ1v) is 11.3. The summed E-state index contributed by atoms with van der Waals surface area (Å²) in [6, 6.07) is 26.8. The minimum Gasteiger partial charge on any atom is -0.449 e. The van der Waals surface area contributed by atoms with E-state index in [0.29, 0.717) is 5.69 Å². The Kier molecular flexibility index (Phi) is 5.33. The summed E-state index contributed by atoms with van der Waals surface area (Å²) < 4.78 is 5.29. The van der Waals surface area contributed by atoms with Crippen LogP contribution < -0.4 is 4.90 Å². The summed E-state index contributed by atoms with van der Waals surface area (Å²) >= 11 is 0. The minimum absolute atomic E-state index is 0.114. The van der Waals surface area contributed by atoms with E-state index in [9.17, 15) is 14.4 Å². The Morgan fingerprint density at radius 3 is 1.91 bits per heavy atom. The van der Waals surface area contributed by atoms with Crippen LogP contribution in [0.25, 0.3) is 0 Å². The van der Waals surface area contributed by atoms with Crippen molar-refractivity contribution in [2.24, 2.45) is 0 Å². The first-order valence-electron chi connectivity index (χ1n) is 11.3. The number of anilines is 1. The largest absolute Gasteiger partial charge is 0.449 e. The van der Waals surface area contributed by atoms with Gasteiger partial charge in [-0.1, -0.05) is 78.9 Å². The quantitative estimate of drug-likeness (QED) is 0.551. The average molecular weight is 440 g/mol. The first kappa shape index (κ1) is 21.1. The van der Waals surface area contributed by atoms with Crippen LogP contribution in [0, 0.1) is 0 Å². The van der Waals surface area contributed by atoms with Gasteiger partial charge in [-0.3, -0.25) is 9.59 Å². The van der Waals surface area contributed by atoms with Gasteiger partial charge >= 0.3 is 6.09 Å². The molecule has 5 nitrogen and oxygen atoms in total. The number of ketones is 1. The summed E-state index contributed by atoms with van der Waals surface area (Å²) in [4.78, 5) is 41.7. The Morgan fingerprint density at radius 2 is 1.36 bits per heavy atom. The Hall–Kier alpha value is -3.73. The number of hydrogen-bond donors (Lipinski definition) is 0. The lowest BCUT2D eigenvalue weighted by Gasteiger charge is -2.46. The van der Waals surface area contributed by atoms with E-state index < -0.39 is 23.3 Å². The molecule has 2 aliphatic rings. The van der Waals surface area contributed by atoms with Gasteiger partial charge in [0.25, 0.3) is 0 Å². The number of para-hydroxylation sites is 1. The van der Waals surface area contributed by atoms with Crippen molar-refractivity contribution >= 4 is 23.5 Å². The summed E-state index contributed by atoms with van der Waals surface area (Å²) in [5.74, 6) is -1.02. The predicted molar refractivity (Wildman–Crippen MR) is 125 cm³/mol. The fourth-order valence-electron chi connectivity index (χ4n) is 5.71. The van der Waals surface area contributed by atoms with Crippen molar-refractivity contribution in [3.63, 3.8) is 0 Å². The topological polar surface area (TPSA) is 63.7 Å². The van der Waals surface area contributed by atoms with Crippen molar-refractivity contribution in [1.29, 1.82) is 0 Å². The molecule has 1 saturated carbocycles. The van der Waals surface area contributed by atoms with Crippen LogP contribution in [0.5, 0.6) is 0 Å². The van der Waals surface area contributed by atoms with Crippen molar-refractivity contribution in [3.05, 3.63) is 102 Å². The molecular formula is C28H25NO4. The molecule has 5 heteroatoms. The lowest BCUT2D eigenvalue weighted by molar-refractivity contribution is -0.130. The number of Topliss-reactive ketones (excluding diaryl/α,β-unsaturated/α-hetero) is 1. The Morgan fingerprint density at radius 1 is 0.848 bits per heavy atom. The lowest BCUT2D eigenvalue weighted by atomic mass is 9.54. The third-order valence-corrected chi connectivity index (χ3v) is 6.96. The van der Waals surface area contributed by atoms with Crippen molar-refractivity contribution in [2.75, 3.05) is 11.5 Å². The van der Waals surface area contributed by atoms with Gasteiger partial charge in [-0.05, 0) is 29.7 Å². The number of carbonyl (C=O) groups is 3. The fourth-order valence-corrected chi connectivity index (χ4v) is 5.71. The molecule has 3 aromatic carbocycles. The second-order valence-electron chi connectivity index (χ2n) is 8.60. The molecule has 5 rings (SSSR count). The molecule has 1 fully saturated rings. The van der Waals surface area contributed by atoms with E-state index in [2.05, 4.69) is 0 Å². The van der Waals surface area contributed by atoms with E-state index in [0.717, 1.165) is 16.7 Å². The second-order valence-corrected chi connectivity index (χ2v) is 8.60. The SMILES string of the molecule is CCOC(=O)N1C(=O)C2(c3ccccc31)[C@H](c1ccccc1)CC(=O)C[C@H]2c1ccccc1. The normalized spacial score (nSPS) is 21.2. The number of benzene rings is 3. The van der Waals surface area contributed by atoms with E-state index in [1.54, 1.807) is 13.0 Å². The molecule has 0 N–H and O–H groups in total. The van der Waals surface area contributed by atoms with Gasteiger partial charge in [0, 0.05) is 24.7 Å². The van der Waals surface area contributed by atoms with E-state index in [1.165, 1.54) is 4.90 Å². The summed E-state index contributed by atoms with van der Waals surface area (Å²) in [6.07, 6.45) is -0.198. The van der Waals surface area contributed by atoms with Crippen LogP contribution in [-0.2, 0) is 19.7 Å². The molecule has 0 saturated heterocycles. The molecule has 3 aromatic rings. The summed E-state index contributed by atoms with van der Waals surface area (Å²) in [7, 11) is 0. The van der Waals surface area contributed by atoms with Crippen LogP contribution in [0.1, 0.15) is 48.3 Å². The average Bonchev–Trinajstić information content (AvgIpc) is 3.10. The van der Waals surface area contributed by atoms with Gasteiger partial charge in [-0.25, -0.2) is 9.69 Å². The zero-order chi connectivity index (χ0) is 23.0. The maximum Gasteiger partial charge on any atom is 0.421 e. The van der Waals surface area contributed by atoms with Crippen LogP contribution in [-0.4, -0.2) is 24.4 Å². The maximum atomic E-state index is 14.4. The summed E-state index contributed by atoms with van der Waals surface area (Å²) in [5.41, 5.74) is 2.05. The molecule has 0 bridgehead atoms. The second kappa shape index (κ2) is 8.32. The Balaban J connectivity index is 1.81. The van der Waals surface area contributed by atoms with E-state index in [1.807, 2.05) is 78.9 Å². The number of rotatable bonds is 3. The molecule has 166 valence electrons. The molecule has 1 heterocycles. The molecule has 33 heavy (non-hydrogen) atoms. The highest BCUT2D eigenvalue weighted by atomic mass is 16.6. The number of amides is 2. The molecule has 0 unspecified atom stereocenters. The van der Waals surface area contributed by atoms with Crippen LogP contribution in [0.4, 0.5) is 10.5 Å². The number of ether oxygens (including phenoxy) is 1. The van der Waals surface area contributed by atoms with Crippen LogP contribution in [0.3, 0.4) is 0 Å². The van der Waals surface area contributed by atoms with Gasteiger partial charge in [0.1, 0.15) is 5.78 Å². The van der Waals surface area contributed by atoms with Gasteiger partial charge in [-0.15, -0.1) is 0 Å². The van der Waals surface area contributed by atoms with Crippen LogP contribution in [0.15, 0.2) is 84.9 Å². The molecular weight excluding hydrogens is 414 g/mol. The van der Waals surface area contributed by atoms with E-state index in [-0.39, 0.29) is 31.1 Å². The fraction of sp³-hybridized carbons (Fsp3) is 0.250. The summed E-state index contributed by atoms with van der Waals surface area (Å²) in [5, 5.41) is 0. The van der Waals surface area contributed by atoms with E-state index >= 15 is 0 Å². The highest BCUT2D eigenvalue weighted by Crippen LogP contribution is 2.61. The van der Waals surface area contributed by atoms with E-state index in [4.69, 9.17) is 4.74 Å². The van der Waals surface area contributed by atoms with Gasteiger partial charge in [0.2, 0.25) is 5.91 Å². The monoisotopic (exact) mass is 439 g/mol. The zero-order valence-electron chi connectivity index (χ0n) is 18.4. The molecule has 1 aliphatic carbocycles. The molecule has 1 aliphatic heterocycles. The smallest absolute Gasteiger partial charge is 0.421 e. The molecule has 2 atom stereocenters. The number of fused-ring (bicyclic) bond motifs is 2. The van der Waals surface area contributed by atoms with Crippen LogP contribution >= 0.6 is 0 Å². The molecule has 0 aromatic heterocycles. The van der Waals surface area contributed by atoms with Gasteiger partial charge in [-0.2, -0.15) is 0 Å². The van der Waals surface area contributed by atoms with Crippen molar-refractivity contribution < 1.29 is 19.1 Å². The number of hydrogen-bond acceptors (Lipinski definition) is 4. The predicted octanol–water partition coefficient (Wildman–Crippen LogP) is 5.36. The van der Waals surface area contributed by atoms with Crippen molar-refractivity contribution in [1.82, 2.24) is 0 Å². The number of carbonyl (C=O) groups excluding carboxylic acids is 3. The Labute approximate surface area is 193 Å². The third kappa shape index (κ3) is 3.18. The standard InChI is InChI=1S/C28H25NO4/c1-2-33-27(32)29-25-16-10-9-15-22(25)28(26(29)31)23(19-11-5-3-6-12-19)17-21(30)18-24(28)20-13-7-4-8-14-20/h3-16,23-24H,2,17-18H2,1H3/t23-,24-/m0/s1. The van der Waals surface area contributed by atoms with Gasteiger partial charge in [0.15, 0.2) is 0 Å². The lowest BCUT2D eigenvalue weighted by Crippen LogP contribution is -2.53. The van der Waals surface area contributed by atoms with Gasteiger partial charge < -0.3 is 4.74 Å². The third-order valence-electron chi connectivity index (χ3n) is 6.96. The highest BCUT2D eigenvalue weighted by Gasteiger charge is 2.64. The maximum absolute atomic E-state index is 14.4. The highest BCUT2D eigenvalue weighted by molar-refractivity contribution is 6.22. The molecule has 0 radical (unpaired) electrons. The molecule has 1 spiro atoms. The van der Waals surface area contributed by atoms with Crippen molar-refractivity contribution in [2.45, 2.75) is 37.0 Å². The number of nitrogens with zero attached hydrogens (tertiary/aromatic N) is 1. The van der Waals surface area contributed by atoms with Crippen LogP contribution in [0.2, 0.25) is 0 Å².